The average molecular weight is 202 g/mol. The largest absolute Gasteiger partial charge is 0.490 e. The van der Waals surface area contributed by atoms with Crippen LogP contribution in [0.3, 0.4) is 0 Å². The zero-order valence-electron chi connectivity index (χ0n) is 7.33. The molecule has 0 bridgehead atoms. The SMILES string of the molecule is CS(=O)c1ccccc1OCCF. The number of halogens is 1. The highest BCUT2D eigenvalue weighted by molar-refractivity contribution is 7.84. The van der Waals surface area contributed by atoms with Crippen LogP contribution in [0.2, 0.25) is 0 Å². The van der Waals surface area contributed by atoms with Crippen molar-refractivity contribution in [3.05, 3.63) is 24.3 Å². The Balaban J connectivity index is 2.84. The molecule has 0 aliphatic rings. The molecule has 0 N–H and O–H groups in total. The van der Waals surface area contributed by atoms with E-state index in [-0.39, 0.29) is 6.61 Å². The van der Waals surface area contributed by atoms with Crippen molar-refractivity contribution in [2.24, 2.45) is 0 Å². The standard InChI is InChI=1S/C9H11FO2S/c1-13(11)9-5-3-2-4-8(9)12-7-6-10/h2-5H,6-7H2,1H3. The third-order valence-electron chi connectivity index (χ3n) is 1.49. The first-order valence-corrected chi connectivity index (χ1v) is 5.42. The summed E-state index contributed by atoms with van der Waals surface area (Å²) in [5.74, 6) is 0.501. The summed E-state index contributed by atoms with van der Waals surface area (Å²) in [6.07, 6.45) is 1.57. The lowest BCUT2D eigenvalue weighted by molar-refractivity contribution is 0.268. The van der Waals surface area contributed by atoms with Crippen molar-refractivity contribution >= 4 is 10.8 Å². The molecule has 0 saturated heterocycles. The molecule has 1 atom stereocenters. The summed E-state index contributed by atoms with van der Waals surface area (Å²) >= 11 is 0. The molecule has 72 valence electrons. The number of benzene rings is 1. The van der Waals surface area contributed by atoms with Crippen LogP contribution in [0.5, 0.6) is 5.75 Å². The fraction of sp³-hybridized carbons (Fsp3) is 0.333. The van der Waals surface area contributed by atoms with Gasteiger partial charge in [0.25, 0.3) is 0 Å². The summed E-state index contributed by atoms with van der Waals surface area (Å²) in [6, 6.07) is 6.94. The Labute approximate surface area is 79.2 Å². The third kappa shape index (κ3) is 2.81. The minimum absolute atomic E-state index is 0.00815. The molecule has 2 nitrogen and oxygen atoms in total. The molecule has 13 heavy (non-hydrogen) atoms. The summed E-state index contributed by atoms with van der Waals surface area (Å²) < 4.78 is 28.1. The number of hydrogen-bond donors (Lipinski definition) is 0. The summed E-state index contributed by atoms with van der Waals surface area (Å²) in [4.78, 5) is 0.607. The fourth-order valence-corrected chi connectivity index (χ4v) is 1.64. The molecule has 0 radical (unpaired) electrons. The number of ether oxygens (including phenoxy) is 1. The number of alkyl halides is 1. The van der Waals surface area contributed by atoms with Gasteiger partial charge in [0.15, 0.2) is 0 Å². The van der Waals surface area contributed by atoms with Gasteiger partial charge >= 0.3 is 0 Å². The average Bonchev–Trinajstić information content (AvgIpc) is 2.15. The van der Waals surface area contributed by atoms with Gasteiger partial charge in [-0.1, -0.05) is 12.1 Å². The monoisotopic (exact) mass is 202 g/mol. The van der Waals surface area contributed by atoms with Crippen LogP contribution in [-0.4, -0.2) is 23.7 Å². The molecule has 1 aromatic rings. The van der Waals surface area contributed by atoms with E-state index in [1.165, 1.54) is 0 Å². The fourth-order valence-electron chi connectivity index (χ4n) is 0.955. The van der Waals surface area contributed by atoms with E-state index in [0.29, 0.717) is 10.6 Å². The Kier molecular flexibility index (Phi) is 3.89. The summed E-state index contributed by atoms with van der Waals surface area (Å²) in [5, 5.41) is 0. The molecule has 0 amide bonds. The van der Waals surface area contributed by atoms with Crippen LogP contribution in [0.1, 0.15) is 0 Å². The van der Waals surface area contributed by atoms with Crippen LogP contribution in [-0.2, 0) is 10.8 Å². The van der Waals surface area contributed by atoms with E-state index in [1.54, 1.807) is 30.5 Å². The van der Waals surface area contributed by atoms with Gasteiger partial charge in [-0.2, -0.15) is 0 Å². The molecule has 0 spiro atoms. The van der Waals surface area contributed by atoms with Crippen molar-refractivity contribution in [1.29, 1.82) is 0 Å². The van der Waals surface area contributed by atoms with Gasteiger partial charge in [0.05, 0.1) is 15.7 Å². The van der Waals surface area contributed by atoms with Crippen molar-refractivity contribution < 1.29 is 13.3 Å². The lowest BCUT2D eigenvalue weighted by atomic mass is 10.3. The molecule has 0 aliphatic heterocycles. The summed E-state index contributed by atoms with van der Waals surface area (Å²) in [5.41, 5.74) is 0. The van der Waals surface area contributed by atoms with Crippen LogP contribution in [0.25, 0.3) is 0 Å². The van der Waals surface area contributed by atoms with Gasteiger partial charge in [-0.3, -0.25) is 4.21 Å². The zero-order valence-corrected chi connectivity index (χ0v) is 8.14. The topological polar surface area (TPSA) is 26.3 Å². The van der Waals surface area contributed by atoms with Gasteiger partial charge in [-0.15, -0.1) is 0 Å². The lowest BCUT2D eigenvalue weighted by Gasteiger charge is -2.07. The van der Waals surface area contributed by atoms with Gasteiger partial charge in [0.1, 0.15) is 19.0 Å². The molecule has 4 heteroatoms. The van der Waals surface area contributed by atoms with E-state index < -0.39 is 17.5 Å². The van der Waals surface area contributed by atoms with Crippen molar-refractivity contribution in [3.8, 4) is 5.75 Å². The molecule has 0 fully saturated rings. The number of hydrogen-bond acceptors (Lipinski definition) is 2. The van der Waals surface area contributed by atoms with Crippen LogP contribution in [0, 0.1) is 0 Å². The highest BCUT2D eigenvalue weighted by Gasteiger charge is 2.05. The van der Waals surface area contributed by atoms with Crippen LogP contribution in [0.4, 0.5) is 4.39 Å². The van der Waals surface area contributed by atoms with Gasteiger partial charge < -0.3 is 4.74 Å². The van der Waals surface area contributed by atoms with Crippen molar-refractivity contribution in [2.45, 2.75) is 4.90 Å². The minimum atomic E-state index is -1.09. The predicted octanol–water partition coefficient (Wildman–Crippen LogP) is 1.77. The first-order valence-electron chi connectivity index (χ1n) is 3.87. The first-order chi connectivity index (χ1) is 6.25. The molecule has 0 heterocycles. The third-order valence-corrected chi connectivity index (χ3v) is 2.45. The maximum Gasteiger partial charge on any atom is 0.135 e. The maximum atomic E-state index is 11.8. The molecule has 0 aliphatic carbocycles. The van der Waals surface area contributed by atoms with Crippen LogP contribution < -0.4 is 4.74 Å². The van der Waals surface area contributed by atoms with Gasteiger partial charge in [-0.25, -0.2) is 4.39 Å². The summed E-state index contributed by atoms with van der Waals surface area (Å²) in [6.45, 7) is -0.529. The predicted molar refractivity (Wildman–Crippen MR) is 50.2 cm³/mol. The van der Waals surface area contributed by atoms with Crippen molar-refractivity contribution in [3.63, 3.8) is 0 Å². The van der Waals surface area contributed by atoms with Crippen molar-refractivity contribution in [1.82, 2.24) is 0 Å². The van der Waals surface area contributed by atoms with Gasteiger partial charge in [-0.05, 0) is 12.1 Å². The molecule has 0 aromatic heterocycles. The van der Waals surface area contributed by atoms with E-state index in [4.69, 9.17) is 4.74 Å². The van der Waals surface area contributed by atoms with E-state index in [1.807, 2.05) is 0 Å². The van der Waals surface area contributed by atoms with Crippen LogP contribution >= 0.6 is 0 Å². The Morgan fingerprint density at radius 1 is 1.46 bits per heavy atom. The van der Waals surface area contributed by atoms with E-state index in [9.17, 15) is 8.60 Å². The minimum Gasteiger partial charge on any atom is -0.490 e. The second kappa shape index (κ2) is 4.97. The Bertz CT molecular complexity index is 301. The molecule has 1 aromatic carbocycles. The van der Waals surface area contributed by atoms with E-state index >= 15 is 0 Å². The second-order valence-electron chi connectivity index (χ2n) is 2.44. The van der Waals surface area contributed by atoms with Crippen LogP contribution in [0.15, 0.2) is 29.2 Å². The molecule has 1 unspecified atom stereocenters. The second-order valence-corrected chi connectivity index (χ2v) is 3.79. The Morgan fingerprint density at radius 2 is 2.15 bits per heavy atom. The smallest absolute Gasteiger partial charge is 0.135 e. The van der Waals surface area contributed by atoms with Gasteiger partial charge in [0, 0.05) is 6.26 Å². The highest BCUT2D eigenvalue weighted by Crippen LogP contribution is 2.20. The molecular weight excluding hydrogens is 191 g/mol. The Hall–Kier alpha value is -0.900. The zero-order chi connectivity index (χ0) is 9.68. The molecular formula is C9H11FO2S. The maximum absolute atomic E-state index is 11.8. The lowest BCUT2D eigenvalue weighted by Crippen LogP contribution is -2.01. The first kappa shape index (κ1) is 10.2. The highest BCUT2D eigenvalue weighted by atomic mass is 32.2. The molecule has 1 rings (SSSR count). The van der Waals surface area contributed by atoms with E-state index in [2.05, 4.69) is 0 Å². The van der Waals surface area contributed by atoms with E-state index in [0.717, 1.165) is 0 Å². The Morgan fingerprint density at radius 3 is 2.77 bits per heavy atom. The number of para-hydroxylation sites is 1. The summed E-state index contributed by atoms with van der Waals surface area (Å²) in [7, 11) is -1.09. The quantitative estimate of drug-likeness (QED) is 0.743. The molecule has 0 saturated carbocycles. The normalized spacial score (nSPS) is 12.5. The number of rotatable bonds is 4. The van der Waals surface area contributed by atoms with Gasteiger partial charge in [0.2, 0.25) is 0 Å². The van der Waals surface area contributed by atoms with Crippen molar-refractivity contribution in [2.75, 3.05) is 19.5 Å².